The maximum Gasteiger partial charge on any atom is 0.267 e. The first-order valence-corrected chi connectivity index (χ1v) is 9.81. The highest BCUT2D eigenvalue weighted by molar-refractivity contribution is 6.06. The zero-order chi connectivity index (χ0) is 20.6. The van der Waals surface area contributed by atoms with Gasteiger partial charge in [0.25, 0.3) is 5.91 Å². The van der Waals surface area contributed by atoms with Crippen molar-refractivity contribution in [1.29, 1.82) is 5.26 Å². The molecule has 1 aliphatic heterocycles. The van der Waals surface area contributed by atoms with Crippen LogP contribution in [0, 0.1) is 18.3 Å². The van der Waals surface area contributed by atoms with Crippen molar-refractivity contribution in [2.45, 2.75) is 13.8 Å². The number of rotatable bonds is 6. The van der Waals surface area contributed by atoms with Crippen LogP contribution in [-0.4, -0.2) is 43.6 Å². The number of hydrogen-bond donors (Lipinski definition) is 1. The number of anilines is 2. The van der Waals surface area contributed by atoms with Crippen LogP contribution >= 0.6 is 0 Å². The molecule has 6 heteroatoms. The fourth-order valence-corrected chi connectivity index (χ4v) is 3.25. The molecule has 29 heavy (non-hydrogen) atoms. The van der Waals surface area contributed by atoms with E-state index in [1.807, 2.05) is 17.9 Å². The summed E-state index contributed by atoms with van der Waals surface area (Å²) in [6.45, 7) is 7.80. The van der Waals surface area contributed by atoms with Gasteiger partial charge in [-0.3, -0.25) is 4.79 Å². The molecule has 0 bridgehead atoms. The molecule has 1 fully saturated rings. The minimum Gasteiger partial charge on any atom is -0.494 e. The van der Waals surface area contributed by atoms with Crippen LogP contribution in [0.4, 0.5) is 11.4 Å². The van der Waals surface area contributed by atoms with Crippen LogP contribution in [0.3, 0.4) is 0 Å². The molecular weight excluding hydrogens is 364 g/mol. The summed E-state index contributed by atoms with van der Waals surface area (Å²) in [4.78, 5) is 16.8. The Morgan fingerprint density at radius 1 is 1.17 bits per heavy atom. The van der Waals surface area contributed by atoms with Crippen molar-refractivity contribution in [3.8, 4) is 11.8 Å². The van der Waals surface area contributed by atoms with Crippen molar-refractivity contribution in [3.63, 3.8) is 0 Å². The van der Waals surface area contributed by atoms with E-state index in [2.05, 4.69) is 41.4 Å². The van der Waals surface area contributed by atoms with Gasteiger partial charge in [-0.15, -0.1) is 0 Å². The summed E-state index contributed by atoms with van der Waals surface area (Å²) in [5, 5.41) is 12.2. The van der Waals surface area contributed by atoms with Gasteiger partial charge in [-0.1, -0.05) is 12.1 Å². The number of carbonyl (C=O) groups is 1. The number of ether oxygens (including phenoxy) is 1. The molecule has 0 radical (unpaired) electrons. The lowest BCUT2D eigenvalue weighted by Crippen LogP contribution is -2.44. The van der Waals surface area contributed by atoms with Crippen LogP contribution in [0.1, 0.15) is 12.5 Å². The number of aryl methyl sites for hydroxylation is 1. The molecule has 0 spiro atoms. The van der Waals surface area contributed by atoms with Gasteiger partial charge in [0.05, 0.1) is 6.61 Å². The highest BCUT2D eigenvalue weighted by Crippen LogP contribution is 2.19. The lowest BCUT2D eigenvalue weighted by Gasteiger charge is -2.35. The number of amides is 1. The molecule has 0 aliphatic carbocycles. The van der Waals surface area contributed by atoms with Gasteiger partial charge < -0.3 is 19.9 Å². The van der Waals surface area contributed by atoms with Crippen LogP contribution in [0.25, 0.3) is 0 Å². The van der Waals surface area contributed by atoms with Crippen LogP contribution in [0.5, 0.6) is 5.75 Å². The van der Waals surface area contributed by atoms with E-state index in [9.17, 15) is 10.1 Å². The normalized spacial score (nSPS) is 14.3. The zero-order valence-corrected chi connectivity index (χ0v) is 16.9. The van der Waals surface area contributed by atoms with Crippen molar-refractivity contribution in [1.82, 2.24) is 4.90 Å². The summed E-state index contributed by atoms with van der Waals surface area (Å²) in [7, 11) is 0. The SMILES string of the molecule is CCOc1ccc(NC(=O)/C(C#N)=C\N2CCN(c3cccc(C)c3)CC2)cc1. The minimum atomic E-state index is -0.405. The quantitative estimate of drug-likeness (QED) is 0.603. The van der Waals surface area contributed by atoms with Crippen LogP contribution < -0.4 is 15.0 Å². The van der Waals surface area contributed by atoms with E-state index >= 15 is 0 Å². The first-order chi connectivity index (χ1) is 14.1. The molecule has 6 nitrogen and oxygen atoms in total. The summed E-state index contributed by atoms with van der Waals surface area (Å²) in [5.74, 6) is 0.339. The van der Waals surface area contributed by atoms with E-state index in [4.69, 9.17) is 4.74 Å². The minimum absolute atomic E-state index is 0.0999. The maximum absolute atomic E-state index is 12.5. The van der Waals surface area contributed by atoms with Gasteiger partial charge in [0, 0.05) is 43.8 Å². The first kappa shape index (κ1) is 20.3. The zero-order valence-electron chi connectivity index (χ0n) is 16.9. The number of nitrogens with one attached hydrogen (secondary N) is 1. The van der Waals surface area contributed by atoms with E-state index in [-0.39, 0.29) is 5.57 Å². The van der Waals surface area contributed by atoms with Gasteiger partial charge in [0.2, 0.25) is 0 Å². The summed E-state index contributed by atoms with van der Waals surface area (Å²) in [6, 6.07) is 17.6. The second-order valence-electron chi connectivity index (χ2n) is 6.93. The second-order valence-corrected chi connectivity index (χ2v) is 6.93. The van der Waals surface area contributed by atoms with E-state index in [0.717, 1.165) is 31.9 Å². The first-order valence-electron chi connectivity index (χ1n) is 9.81. The Hall–Kier alpha value is -3.46. The van der Waals surface area contributed by atoms with Crippen molar-refractivity contribution in [2.75, 3.05) is 43.0 Å². The molecule has 0 unspecified atom stereocenters. The van der Waals surface area contributed by atoms with Crippen molar-refractivity contribution < 1.29 is 9.53 Å². The summed E-state index contributed by atoms with van der Waals surface area (Å²) < 4.78 is 5.39. The lowest BCUT2D eigenvalue weighted by atomic mass is 10.2. The Morgan fingerprint density at radius 2 is 1.90 bits per heavy atom. The third-order valence-corrected chi connectivity index (χ3v) is 4.78. The number of nitriles is 1. The summed E-state index contributed by atoms with van der Waals surface area (Å²) in [6.07, 6.45) is 1.66. The molecule has 1 saturated heterocycles. The molecule has 1 heterocycles. The fraction of sp³-hybridized carbons (Fsp3) is 0.304. The van der Waals surface area contributed by atoms with Gasteiger partial charge in [-0.05, 0) is 55.8 Å². The molecule has 1 amide bonds. The Kier molecular flexibility index (Phi) is 6.75. The smallest absolute Gasteiger partial charge is 0.267 e. The predicted octanol–water partition coefficient (Wildman–Crippen LogP) is 3.56. The van der Waals surface area contributed by atoms with Gasteiger partial charge in [-0.2, -0.15) is 5.26 Å². The van der Waals surface area contributed by atoms with Crippen LogP contribution in [-0.2, 0) is 4.79 Å². The summed E-state index contributed by atoms with van der Waals surface area (Å²) >= 11 is 0. The number of benzene rings is 2. The van der Waals surface area contributed by atoms with Crippen LogP contribution in [0.2, 0.25) is 0 Å². The monoisotopic (exact) mass is 390 g/mol. The molecule has 0 aromatic heterocycles. The van der Waals surface area contributed by atoms with Gasteiger partial charge >= 0.3 is 0 Å². The third kappa shape index (κ3) is 5.52. The number of piperazine rings is 1. The third-order valence-electron chi connectivity index (χ3n) is 4.78. The van der Waals surface area contributed by atoms with E-state index in [1.165, 1.54) is 11.3 Å². The molecule has 3 rings (SSSR count). The lowest BCUT2D eigenvalue weighted by molar-refractivity contribution is -0.112. The average Bonchev–Trinajstić information content (AvgIpc) is 2.74. The van der Waals surface area contributed by atoms with E-state index in [1.54, 1.807) is 30.5 Å². The second kappa shape index (κ2) is 9.65. The highest BCUT2D eigenvalue weighted by atomic mass is 16.5. The molecule has 0 saturated carbocycles. The average molecular weight is 390 g/mol. The van der Waals surface area contributed by atoms with Crippen molar-refractivity contribution >= 4 is 17.3 Å². The molecule has 0 atom stereocenters. The largest absolute Gasteiger partial charge is 0.494 e. The number of nitrogens with zero attached hydrogens (tertiary/aromatic N) is 3. The Morgan fingerprint density at radius 3 is 2.52 bits per heavy atom. The van der Waals surface area contributed by atoms with Crippen molar-refractivity contribution in [2.24, 2.45) is 0 Å². The molecule has 1 aliphatic rings. The Labute approximate surface area is 172 Å². The van der Waals surface area contributed by atoms with Gasteiger partial charge in [0.1, 0.15) is 17.4 Å². The molecule has 2 aromatic rings. The van der Waals surface area contributed by atoms with Crippen LogP contribution in [0.15, 0.2) is 60.3 Å². The number of hydrogen-bond acceptors (Lipinski definition) is 5. The molecule has 2 aromatic carbocycles. The van der Waals surface area contributed by atoms with E-state index < -0.39 is 5.91 Å². The molecular formula is C23H26N4O2. The van der Waals surface area contributed by atoms with Crippen molar-refractivity contribution in [3.05, 3.63) is 65.9 Å². The number of carbonyl (C=O) groups excluding carboxylic acids is 1. The predicted molar refractivity (Wildman–Crippen MR) is 115 cm³/mol. The fourth-order valence-electron chi connectivity index (χ4n) is 3.25. The Bertz CT molecular complexity index is 907. The molecule has 150 valence electrons. The summed E-state index contributed by atoms with van der Waals surface area (Å²) in [5.41, 5.74) is 3.18. The van der Waals surface area contributed by atoms with E-state index in [0.29, 0.717) is 12.3 Å². The maximum atomic E-state index is 12.5. The molecule has 1 N–H and O–H groups in total. The Balaban J connectivity index is 1.58. The van der Waals surface area contributed by atoms with Gasteiger partial charge in [-0.25, -0.2) is 0 Å². The standard InChI is InChI=1S/C23H26N4O2/c1-3-29-22-9-7-20(8-10-22)25-23(28)19(16-24)17-26-11-13-27(14-12-26)21-6-4-5-18(2)15-21/h4-10,15,17H,3,11-14H2,1-2H3,(H,25,28)/b19-17-. The van der Waals surface area contributed by atoms with Gasteiger partial charge in [0.15, 0.2) is 0 Å². The highest BCUT2D eigenvalue weighted by Gasteiger charge is 2.18. The topological polar surface area (TPSA) is 68.6 Å².